The average molecular weight is 283 g/mol. The van der Waals surface area contributed by atoms with E-state index >= 15 is 0 Å². The second kappa shape index (κ2) is 6.41. The Morgan fingerprint density at radius 3 is 2.40 bits per heavy atom. The lowest BCUT2D eigenvalue weighted by atomic mass is 10.1. The van der Waals surface area contributed by atoms with Gasteiger partial charge < -0.3 is 25.4 Å². The summed E-state index contributed by atoms with van der Waals surface area (Å²) in [5, 5.41) is 29.4. The first kappa shape index (κ1) is 15.3. The quantitative estimate of drug-likeness (QED) is 0.436. The molecule has 0 spiro atoms. The van der Waals surface area contributed by atoms with E-state index in [1.165, 1.54) is 6.07 Å². The lowest BCUT2D eigenvalue weighted by Gasteiger charge is -2.13. The molecule has 0 heterocycles. The van der Waals surface area contributed by atoms with E-state index in [4.69, 9.17) is 10.2 Å². The molecule has 0 aliphatic heterocycles. The number of aliphatic carboxylic acids is 1. The number of phenols is 2. The fourth-order valence-corrected chi connectivity index (χ4v) is 1.36. The molecule has 0 aromatic heterocycles. The number of rotatable bonds is 5. The van der Waals surface area contributed by atoms with Gasteiger partial charge in [0, 0.05) is 5.56 Å². The zero-order valence-corrected chi connectivity index (χ0v) is 10.5. The number of methoxy groups -OCH3 is 1. The summed E-state index contributed by atoms with van der Waals surface area (Å²) in [4.78, 5) is 33.7. The summed E-state index contributed by atoms with van der Waals surface area (Å²) in [6.07, 6.45) is -0.526. The van der Waals surface area contributed by atoms with Crippen LogP contribution in [0.4, 0.5) is 0 Å². The van der Waals surface area contributed by atoms with Crippen molar-refractivity contribution in [3.8, 4) is 11.5 Å². The van der Waals surface area contributed by atoms with Gasteiger partial charge in [-0.2, -0.15) is 0 Å². The summed E-state index contributed by atoms with van der Waals surface area (Å²) in [5.74, 6) is -3.92. The summed E-state index contributed by atoms with van der Waals surface area (Å²) in [5.41, 5.74) is -0.0589. The Morgan fingerprint density at radius 1 is 1.25 bits per heavy atom. The van der Waals surface area contributed by atoms with Crippen LogP contribution in [-0.2, 0) is 14.3 Å². The smallest absolute Gasteiger partial charge is 0.326 e. The molecule has 1 aromatic carbocycles. The van der Waals surface area contributed by atoms with Crippen molar-refractivity contribution in [3.63, 3.8) is 0 Å². The Balaban J connectivity index is 2.82. The van der Waals surface area contributed by atoms with Gasteiger partial charge in [-0.05, 0) is 18.2 Å². The van der Waals surface area contributed by atoms with Crippen LogP contribution in [0.25, 0.3) is 0 Å². The minimum absolute atomic E-state index is 0.0589. The predicted molar refractivity (Wildman–Crippen MR) is 65.3 cm³/mol. The molecule has 1 atom stereocenters. The molecule has 108 valence electrons. The van der Waals surface area contributed by atoms with E-state index in [9.17, 15) is 19.5 Å². The second-order valence-corrected chi connectivity index (χ2v) is 3.85. The first-order valence-corrected chi connectivity index (χ1v) is 5.47. The average Bonchev–Trinajstić information content (AvgIpc) is 2.40. The summed E-state index contributed by atoms with van der Waals surface area (Å²) in [6, 6.07) is 1.80. The van der Waals surface area contributed by atoms with Crippen molar-refractivity contribution in [3.05, 3.63) is 23.8 Å². The highest BCUT2D eigenvalue weighted by Crippen LogP contribution is 2.24. The van der Waals surface area contributed by atoms with Gasteiger partial charge in [0.25, 0.3) is 5.91 Å². The van der Waals surface area contributed by atoms with Crippen LogP contribution in [0, 0.1) is 0 Å². The number of aromatic hydroxyl groups is 2. The summed E-state index contributed by atoms with van der Waals surface area (Å²) < 4.78 is 4.33. The molecule has 0 saturated carbocycles. The van der Waals surface area contributed by atoms with Crippen LogP contribution in [-0.4, -0.2) is 46.3 Å². The number of carbonyl (C=O) groups excluding carboxylic acids is 2. The highest BCUT2D eigenvalue weighted by molar-refractivity contribution is 5.97. The molecule has 0 fully saturated rings. The van der Waals surface area contributed by atoms with Gasteiger partial charge in [0.15, 0.2) is 11.5 Å². The van der Waals surface area contributed by atoms with Crippen LogP contribution in [0.1, 0.15) is 16.8 Å². The highest BCUT2D eigenvalue weighted by atomic mass is 16.5. The normalized spacial score (nSPS) is 11.4. The zero-order valence-electron chi connectivity index (χ0n) is 10.5. The molecular formula is C12H13NO7. The number of hydrogen-bond donors (Lipinski definition) is 4. The minimum atomic E-state index is -1.45. The molecule has 1 amide bonds. The third-order valence-corrected chi connectivity index (χ3v) is 2.44. The van der Waals surface area contributed by atoms with Gasteiger partial charge in [0.05, 0.1) is 13.5 Å². The van der Waals surface area contributed by atoms with E-state index in [1.807, 2.05) is 0 Å². The van der Waals surface area contributed by atoms with Crippen molar-refractivity contribution >= 4 is 17.8 Å². The Kier molecular flexibility index (Phi) is 4.90. The minimum Gasteiger partial charge on any atom is -0.504 e. The first-order chi connectivity index (χ1) is 9.35. The first-order valence-electron chi connectivity index (χ1n) is 5.47. The van der Waals surface area contributed by atoms with E-state index in [-0.39, 0.29) is 5.56 Å². The number of hydrogen-bond acceptors (Lipinski definition) is 6. The molecule has 20 heavy (non-hydrogen) atoms. The van der Waals surface area contributed by atoms with Crippen LogP contribution in [0.3, 0.4) is 0 Å². The predicted octanol–water partition coefficient (Wildman–Crippen LogP) is -0.156. The van der Waals surface area contributed by atoms with E-state index in [2.05, 4.69) is 10.1 Å². The molecule has 0 bridgehead atoms. The van der Waals surface area contributed by atoms with E-state index in [1.54, 1.807) is 0 Å². The number of carboxylic acids is 1. The van der Waals surface area contributed by atoms with Crippen LogP contribution in [0.5, 0.6) is 11.5 Å². The fraction of sp³-hybridized carbons (Fsp3) is 0.250. The molecular weight excluding hydrogens is 270 g/mol. The van der Waals surface area contributed by atoms with E-state index in [0.717, 1.165) is 19.2 Å². The lowest BCUT2D eigenvalue weighted by Crippen LogP contribution is -2.42. The van der Waals surface area contributed by atoms with Crippen molar-refractivity contribution in [2.24, 2.45) is 0 Å². The Bertz CT molecular complexity index is 541. The second-order valence-electron chi connectivity index (χ2n) is 3.85. The number of esters is 1. The fourth-order valence-electron chi connectivity index (χ4n) is 1.36. The molecule has 1 rings (SSSR count). The molecule has 4 N–H and O–H groups in total. The van der Waals surface area contributed by atoms with Gasteiger partial charge in [-0.15, -0.1) is 0 Å². The number of carboxylic acid groups (broad SMARTS) is 1. The Hall–Kier alpha value is -2.77. The molecule has 0 radical (unpaired) electrons. The SMILES string of the molecule is COC(=O)C[C@H](NC(=O)c1ccc(O)c(O)c1)C(=O)O. The zero-order chi connectivity index (χ0) is 15.3. The van der Waals surface area contributed by atoms with Crippen molar-refractivity contribution < 1.29 is 34.4 Å². The molecule has 8 nitrogen and oxygen atoms in total. The summed E-state index contributed by atoms with van der Waals surface area (Å²) in [7, 11) is 1.10. The molecule has 1 aromatic rings. The number of phenolic OH excluding ortho intramolecular Hbond substituents is 2. The summed E-state index contributed by atoms with van der Waals surface area (Å²) >= 11 is 0. The van der Waals surface area contributed by atoms with Gasteiger partial charge in [-0.25, -0.2) is 4.79 Å². The van der Waals surface area contributed by atoms with E-state index in [0.29, 0.717) is 0 Å². The van der Waals surface area contributed by atoms with Crippen molar-refractivity contribution in [1.29, 1.82) is 0 Å². The topological polar surface area (TPSA) is 133 Å². The molecule has 0 aliphatic carbocycles. The number of carbonyl (C=O) groups is 3. The van der Waals surface area contributed by atoms with Crippen LogP contribution in [0.2, 0.25) is 0 Å². The van der Waals surface area contributed by atoms with E-state index < -0.39 is 41.8 Å². The maximum Gasteiger partial charge on any atom is 0.326 e. The molecule has 0 saturated heterocycles. The number of amides is 1. The standard InChI is InChI=1S/C12H13NO7/c1-20-10(16)5-7(12(18)19)13-11(17)6-2-3-8(14)9(15)4-6/h2-4,7,14-15H,5H2,1H3,(H,13,17)(H,18,19)/t7-/m0/s1. The van der Waals surface area contributed by atoms with Crippen LogP contribution < -0.4 is 5.32 Å². The lowest BCUT2D eigenvalue weighted by molar-refractivity contribution is -0.147. The van der Waals surface area contributed by atoms with Crippen LogP contribution in [0.15, 0.2) is 18.2 Å². The third kappa shape index (κ3) is 3.87. The summed E-state index contributed by atoms with van der Waals surface area (Å²) in [6.45, 7) is 0. The number of benzene rings is 1. The molecule has 0 aliphatic rings. The van der Waals surface area contributed by atoms with Crippen molar-refractivity contribution in [2.45, 2.75) is 12.5 Å². The maximum absolute atomic E-state index is 11.8. The number of nitrogens with one attached hydrogen (secondary N) is 1. The largest absolute Gasteiger partial charge is 0.504 e. The van der Waals surface area contributed by atoms with Crippen LogP contribution >= 0.6 is 0 Å². The highest BCUT2D eigenvalue weighted by Gasteiger charge is 2.24. The van der Waals surface area contributed by atoms with Crippen molar-refractivity contribution in [1.82, 2.24) is 5.32 Å². The molecule has 8 heteroatoms. The van der Waals surface area contributed by atoms with Gasteiger partial charge in [-0.3, -0.25) is 9.59 Å². The molecule has 0 unspecified atom stereocenters. The van der Waals surface area contributed by atoms with Gasteiger partial charge in [0.1, 0.15) is 6.04 Å². The monoisotopic (exact) mass is 283 g/mol. The van der Waals surface area contributed by atoms with Crippen molar-refractivity contribution in [2.75, 3.05) is 7.11 Å². The Morgan fingerprint density at radius 2 is 1.90 bits per heavy atom. The van der Waals surface area contributed by atoms with Gasteiger partial charge in [-0.1, -0.05) is 0 Å². The number of ether oxygens (including phenoxy) is 1. The van der Waals surface area contributed by atoms with Gasteiger partial charge in [0.2, 0.25) is 0 Å². The third-order valence-electron chi connectivity index (χ3n) is 2.44. The van der Waals surface area contributed by atoms with Gasteiger partial charge >= 0.3 is 11.9 Å². The maximum atomic E-state index is 11.8. The Labute approximate surface area is 113 Å².